The average molecular weight is 348 g/mol. The van der Waals surface area contributed by atoms with Crippen LogP contribution in [0.3, 0.4) is 0 Å². The van der Waals surface area contributed by atoms with Crippen LogP contribution in [0, 0.1) is 0 Å². The molecule has 3 aromatic rings. The first kappa shape index (κ1) is 16.3. The van der Waals surface area contributed by atoms with Gasteiger partial charge in [-0.1, -0.05) is 47.6 Å². The lowest BCUT2D eigenvalue weighted by atomic mass is 10.0. The zero-order chi connectivity index (χ0) is 17.9. The van der Waals surface area contributed by atoms with E-state index >= 15 is 0 Å². The largest absolute Gasteiger partial charge is 0.334 e. The fraction of sp³-hybridized carbons (Fsp3) is 0.250. The first-order valence-corrected chi connectivity index (χ1v) is 8.72. The molecule has 1 atom stereocenters. The summed E-state index contributed by atoms with van der Waals surface area (Å²) in [4.78, 5) is 18.8. The maximum Gasteiger partial charge on any atom is 0.318 e. The van der Waals surface area contributed by atoms with E-state index in [0.29, 0.717) is 24.8 Å². The van der Waals surface area contributed by atoms with E-state index in [2.05, 4.69) is 27.6 Å². The first-order chi connectivity index (χ1) is 12.7. The van der Waals surface area contributed by atoms with E-state index in [-0.39, 0.29) is 12.1 Å². The van der Waals surface area contributed by atoms with Gasteiger partial charge in [0, 0.05) is 18.7 Å². The van der Waals surface area contributed by atoms with Crippen molar-refractivity contribution in [3.05, 3.63) is 71.5 Å². The van der Waals surface area contributed by atoms with Crippen LogP contribution in [0.25, 0.3) is 11.5 Å². The Morgan fingerprint density at radius 2 is 1.85 bits per heavy atom. The van der Waals surface area contributed by atoms with E-state index < -0.39 is 0 Å². The van der Waals surface area contributed by atoms with E-state index in [1.165, 1.54) is 11.1 Å². The molecular weight excluding hydrogens is 328 g/mol. The van der Waals surface area contributed by atoms with Crippen molar-refractivity contribution in [3.63, 3.8) is 0 Å². The highest BCUT2D eigenvalue weighted by Gasteiger charge is 2.23. The number of benzene rings is 2. The lowest BCUT2D eigenvalue weighted by molar-refractivity contribution is 0.188. The van der Waals surface area contributed by atoms with Crippen molar-refractivity contribution in [2.45, 2.75) is 25.9 Å². The molecule has 26 heavy (non-hydrogen) atoms. The van der Waals surface area contributed by atoms with Crippen LogP contribution in [0.4, 0.5) is 4.79 Å². The first-order valence-electron chi connectivity index (χ1n) is 8.72. The zero-order valence-corrected chi connectivity index (χ0v) is 14.6. The third kappa shape index (κ3) is 3.31. The van der Waals surface area contributed by atoms with Crippen molar-refractivity contribution in [2.75, 3.05) is 6.54 Å². The van der Waals surface area contributed by atoms with Crippen LogP contribution in [-0.2, 0) is 13.0 Å². The summed E-state index contributed by atoms with van der Waals surface area (Å²) in [6.45, 7) is 3.18. The van der Waals surface area contributed by atoms with Crippen LogP contribution >= 0.6 is 0 Å². The van der Waals surface area contributed by atoms with Gasteiger partial charge in [-0.05, 0) is 36.6 Å². The van der Waals surface area contributed by atoms with Crippen LogP contribution in [0.15, 0.2) is 59.1 Å². The molecule has 1 aromatic heterocycles. The summed E-state index contributed by atoms with van der Waals surface area (Å²) in [7, 11) is 0. The second-order valence-corrected chi connectivity index (χ2v) is 6.44. The lowest BCUT2D eigenvalue weighted by Crippen LogP contribution is -2.43. The second-order valence-electron chi connectivity index (χ2n) is 6.44. The number of hydrogen-bond acceptors (Lipinski definition) is 4. The van der Waals surface area contributed by atoms with Crippen LogP contribution in [-0.4, -0.2) is 27.6 Å². The monoisotopic (exact) mass is 348 g/mol. The average Bonchev–Trinajstić information content (AvgIpc) is 3.18. The molecular formula is C20H20N4O2. The fourth-order valence-electron chi connectivity index (χ4n) is 3.12. The minimum absolute atomic E-state index is 0.113. The van der Waals surface area contributed by atoms with E-state index in [4.69, 9.17) is 4.52 Å². The molecule has 1 N–H and O–H groups in total. The van der Waals surface area contributed by atoms with Crippen LogP contribution in [0.5, 0.6) is 0 Å². The molecule has 2 heterocycles. The molecule has 2 aromatic carbocycles. The van der Waals surface area contributed by atoms with Crippen molar-refractivity contribution >= 4 is 6.03 Å². The van der Waals surface area contributed by atoms with E-state index in [9.17, 15) is 4.79 Å². The number of carbonyl (C=O) groups is 1. The number of nitrogens with one attached hydrogen (secondary N) is 1. The molecule has 6 nitrogen and oxygen atoms in total. The standard InChI is InChI=1S/C20H20N4O2/c1-14(18-22-19(26-23-18)16-8-3-2-4-9-16)21-20(25)24-12-11-15-7-5-6-10-17(15)13-24/h2-10,14H,11-13H2,1H3,(H,21,25). The highest BCUT2D eigenvalue weighted by Crippen LogP contribution is 2.21. The van der Waals surface area contributed by atoms with Gasteiger partial charge in [0.05, 0.1) is 6.04 Å². The Balaban J connectivity index is 1.41. The number of carbonyl (C=O) groups excluding carboxylic acids is 1. The predicted molar refractivity (Wildman–Crippen MR) is 97.2 cm³/mol. The van der Waals surface area contributed by atoms with Crippen molar-refractivity contribution in [1.29, 1.82) is 0 Å². The number of amides is 2. The number of fused-ring (bicyclic) bond motifs is 1. The van der Waals surface area contributed by atoms with E-state index in [0.717, 1.165) is 12.0 Å². The number of aromatic nitrogens is 2. The maximum absolute atomic E-state index is 12.6. The van der Waals surface area contributed by atoms with Gasteiger partial charge in [0.1, 0.15) is 0 Å². The summed E-state index contributed by atoms with van der Waals surface area (Å²) in [6, 6.07) is 17.4. The van der Waals surface area contributed by atoms with Crippen LogP contribution < -0.4 is 5.32 Å². The van der Waals surface area contributed by atoms with Gasteiger partial charge in [0.15, 0.2) is 5.82 Å². The van der Waals surface area contributed by atoms with Crippen LogP contribution in [0.2, 0.25) is 0 Å². The zero-order valence-electron chi connectivity index (χ0n) is 14.6. The molecule has 0 saturated carbocycles. The van der Waals surface area contributed by atoms with Gasteiger partial charge >= 0.3 is 6.03 Å². The molecule has 0 saturated heterocycles. The van der Waals surface area contributed by atoms with Crippen molar-refractivity contribution in [3.8, 4) is 11.5 Å². The van der Waals surface area contributed by atoms with E-state index in [1.807, 2.05) is 54.3 Å². The highest BCUT2D eigenvalue weighted by molar-refractivity contribution is 5.75. The van der Waals surface area contributed by atoms with Gasteiger partial charge in [-0.15, -0.1) is 0 Å². The fourth-order valence-corrected chi connectivity index (χ4v) is 3.12. The van der Waals surface area contributed by atoms with Gasteiger partial charge in [-0.2, -0.15) is 4.98 Å². The van der Waals surface area contributed by atoms with Crippen molar-refractivity contribution in [2.24, 2.45) is 0 Å². The normalized spacial score (nSPS) is 14.6. The molecule has 0 bridgehead atoms. The number of urea groups is 1. The molecule has 0 radical (unpaired) electrons. The van der Waals surface area contributed by atoms with Gasteiger partial charge in [-0.25, -0.2) is 4.79 Å². The Bertz CT molecular complexity index is 907. The minimum Gasteiger partial charge on any atom is -0.334 e. The van der Waals surface area contributed by atoms with Gasteiger partial charge < -0.3 is 14.7 Å². The summed E-state index contributed by atoms with van der Waals surface area (Å²) in [5.74, 6) is 0.920. The third-order valence-electron chi connectivity index (χ3n) is 4.61. The highest BCUT2D eigenvalue weighted by atomic mass is 16.5. The molecule has 0 aliphatic carbocycles. The molecule has 1 aliphatic heterocycles. The Morgan fingerprint density at radius 1 is 1.12 bits per heavy atom. The summed E-state index contributed by atoms with van der Waals surface area (Å²) in [5, 5.41) is 6.97. The minimum atomic E-state index is -0.333. The maximum atomic E-state index is 12.6. The molecule has 0 fully saturated rings. The summed E-state index contributed by atoms with van der Waals surface area (Å²) < 4.78 is 5.32. The lowest BCUT2D eigenvalue weighted by Gasteiger charge is -2.29. The van der Waals surface area contributed by atoms with Gasteiger partial charge in [0.25, 0.3) is 5.89 Å². The molecule has 4 rings (SSSR count). The quantitative estimate of drug-likeness (QED) is 0.785. The SMILES string of the molecule is CC(NC(=O)N1CCc2ccccc2C1)c1noc(-c2ccccc2)n1. The molecule has 1 unspecified atom stereocenters. The topological polar surface area (TPSA) is 71.3 Å². The summed E-state index contributed by atoms with van der Waals surface area (Å²) in [6.07, 6.45) is 0.873. The number of hydrogen-bond donors (Lipinski definition) is 1. The van der Waals surface area contributed by atoms with Crippen LogP contribution in [0.1, 0.15) is 29.9 Å². The Hall–Kier alpha value is -3.15. The molecule has 2 amide bonds. The Morgan fingerprint density at radius 3 is 2.65 bits per heavy atom. The van der Waals surface area contributed by atoms with E-state index in [1.54, 1.807) is 0 Å². The summed E-state index contributed by atoms with van der Waals surface area (Å²) >= 11 is 0. The third-order valence-corrected chi connectivity index (χ3v) is 4.61. The molecule has 6 heteroatoms. The molecule has 1 aliphatic rings. The van der Waals surface area contributed by atoms with Gasteiger partial charge in [0.2, 0.25) is 0 Å². The second kappa shape index (κ2) is 7.00. The molecule has 0 spiro atoms. The number of nitrogens with zero attached hydrogens (tertiary/aromatic N) is 3. The van der Waals surface area contributed by atoms with Gasteiger partial charge in [-0.3, -0.25) is 0 Å². The smallest absolute Gasteiger partial charge is 0.318 e. The predicted octanol–water partition coefficient (Wildman–Crippen LogP) is 3.57. The van der Waals surface area contributed by atoms with Crippen molar-refractivity contribution in [1.82, 2.24) is 20.4 Å². The Labute approximate surface area is 151 Å². The Kier molecular flexibility index (Phi) is 4.39. The van der Waals surface area contributed by atoms with Crippen molar-refractivity contribution < 1.29 is 9.32 Å². The molecule has 132 valence electrons. The summed E-state index contributed by atoms with van der Waals surface area (Å²) in [5.41, 5.74) is 3.38. The number of rotatable bonds is 3.